The van der Waals surface area contributed by atoms with E-state index >= 15 is 0 Å². The summed E-state index contributed by atoms with van der Waals surface area (Å²) in [5.41, 5.74) is 2.24. The zero-order valence-corrected chi connectivity index (χ0v) is 19.2. The molecular weight excluding hydrogens is 400 g/mol. The molecule has 0 aliphatic carbocycles. The Morgan fingerprint density at radius 1 is 0.833 bits per heavy atom. The molecule has 1 atom stereocenters. The predicted molar refractivity (Wildman–Crippen MR) is 123 cm³/mol. The minimum Gasteiger partial charge on any atom is -0.494 e. The second-order valence-electron chi connectivity index (χ2n) is 7.96. The Hall–Kier alpha value is -1.75. The van der Waals surface area contributed by atoms with E-state index in [1.165, 1.54) is 11.1 Å². The van der Waals surface area contributed by atoms with Gasteiger partial charge < -0.3 is 19.3 Å². The van der Waals surface area contributed by atoms with E-state index in [4.69, 9.17) is 25.8 Å². The van der Waals surface area contributed by atoms with Crippen molar-refractivity contribution in [2.45, 2.75) is 51.6 Å². The van der Waals surface area contributed by atoms with Crippen molar-refractivity contribution in [2.75, 3.05) is 32.3 Å². The van der Waals surface area contributed by atoms with Crippen molar-refractivity contribution in [2.24, 2.45) is 0 Å². The molecule has 0 spiro atoms. The van der Waals surface area contributed by atoms with Crippen LogP contribution in [0.4, 0.5) is 0 Å². The lowest BCUT2D eigenvalue weighted by molar-refractivity contribution is 0.0113. The van der Waals surface area contributed by atoms with Crippen LogP contribution in [0, 0.1) is 0 Å². The summed E-state index contributed by atoms with van der Waals surface area (Å²) in [4.78, 5) is 0. The summed E-state index contributed by atoms with van der Waals surface area (Å²) in [5, 5.41) is 9.97. The molecule has 0 heterocycles. The van der Waals surface area contributed by atoms with E-state index < -0.39 is 6.10 Å². The van der Waals surface area contributed by atoms with Gasteiger partial charge in [-0.05, 0) is 48.2 Å². The highest BCUT2D eigenvalue weighted by Gasteiger charge is 2.23. The number of alkyl halides is 1. The summed E-state index contributed by atoms with van der Waals surface area (Å²) in [7, 11) is 0. The molecule has 0 amide bonds. The van der Waals surface area contributed by atoms with Crippen LogP contribution in [0.3, 0.4) is 0 Å². The molecule has 1 N–H and O–H groups in total. The first-order valence-electron chi connectivity index (χ1n) is 10.8. The number of aliphatic hydroxyl groups is 1. The number of halogens is 1. The van der Waals surface area contributed by atoms with Crippen LogP contribution in [0.25, 0.3) is 0 Å². The van der Waals surface area contributed by atoms with Gasteiger partial charge >= 0.3 is 0 Å². The van der Waals surface area contributed by atoms with Gasteiger partial charge in [-0.3, -0.25) is 0 Å². The lowest BCUT2D eigenvalue weighted by Crippen LogP contribution is -2.23. The van der Waals surface area contributed by atoms with Gasteiger partial charge in [0.25, 0.3) is 0 Å². The van der Waals surface area contributed by atoms with E-state index in [9.17, 15) is 5.11 Å². The lowest BCUT2D eigenvalue weighted by atomic mass is 9.78. The first kappa shape index (κ1) is 24.5. The number of hydrogen-bond acceptors (Lipinski definition) is 4. The van der Waals surface area contributed by atoms with E-state index in [0.717, 1.165) is 30.8 Å². The average Bonchev–Trinajstić information content (AvgIpc) is 2.76. The molecule has 2 aromatic rings. The Labute approximate surface area is 186 Å². The second kappa shape index (κ2) is 12.8. The highest BCUT2D eigenvalue weighted by molar-refractivity contribution is 6.17. The molecule has 1 unspecified atom stereocenters. The highest BCUT2D eigenvalue weighted by Crippen LogP contribution is 2.33. The van der Waals surface area contributed by atoms with E-state index in [-0.39, 0.29) is 12.0 Å². The van der Waals surface area contributed by atoms with Crippen molar-refractivity contribution in [3.63, 3.8) is 0 Å². The average molecular weight is 435 g/mol. The van der Waals surface area contributed by atoms with Crippen LogP contribution < -0.4 is 9.47 Å². The van der Waals surface area contributed by atoms with Crippen LogP contribution in [0.5, 0.6) is 11.5 Å². The summed E-state index contributed by atoms with van der Waals surface area (Å²) in [6.07, 6.45) is 2.31. The topological polar surface area (TPSA) is 47.9 Å². The van der Waals surface area contributed by atoms with Crippen molar-refractivity contribution in [3.8, 4) is 11.5 Å². The summed E-state index contributed by atoms with van der Waals surface area (Å²) in [5.74, 6) is 2.21. The standard InChI is InChI=1S/C25H35ClO4/c1-4-5-16-28-18-22(27)19-30-24-13-9-21(10-14-24)25(2,3)20-7-11-23(12-8-20)29-17-6-15-26/h7-14,22,27H,4-6,15-19H2,1-3H3. The number of rotatable bonds is 14. The molecule has 166 valence electrons. The molecule has 0 radical (unpaired) electrons. The van der Waals surface area contributed by atoms with Gasteiger partial charge in [0.05, 0.1) is 13.2 Å². The summed E-state index contributed by atoms with van der Waals surface area (Å²) in [6.45, 7) is 8.34. The quantitative estimate of drug-likeness (QED) is 0.311. The normalized spacial score (nSPS) is 12.6. The zero-order chi connectivity index (χ0) is 21.8. The molecule has 4 nitrogen and oxygen atoms in total. The van der Waals surface area contributed by atoms with Gasteiger partial charge in [0.2, 0.25) is 0 Å². The summed E-state index contributed by atoms with van der Waals surface area (Å²) >= 11 is 5.69. The van der Waals surface area contributed by atoms with Gasteiger partial charge in [0, 0.05) is 17.9 Å². The summed E-state index contributed by atoms with van der Waals surface area (Å²) in [6, 6.07) is 16.3. The Morgan fingerprint density at radius 3 is 1.93 bits per heavy atom. The Balaban J connectivity index is 1.89. The minimum atomic E-state index is -0.622. The van der Waals surface area contributed by atoms with Crippen LogP contribution in [0.15, 0.2) is 48.5 Å². The van der Waals surface area contributed by atoms with Crippen molar-refractivity contribution >= 4 is 11.6 Å². The van der Waals surface area contributed by atoms with Crippen LogP contribution in [0.2, 0.25) is 0 Å². The molecule has 5 heteroatoms. The smallest absolute Gasteiger partial charge is 0.119 e. The van der Waals surface area contributed by atoms with Crippen LogP contribution in [0.1, 0.15) is 51.2 Å². The number of aliphatic hydroxyl groups excluding tert-OH is 1. The lowest BCUT2D eigenvalue weighted by Gasteiger charge is -2.26. The van der Waals surface area contributed by atoms with Gasteiger partial charge in [-0.25, -0.2) is 0 Å². The Kier molecular flexibility index (Phi) is 10.5. The van der Waals surface area contributed by atoms with Gasteiger partial charge in [-0.2, -0.15) is 0 Å². The van der Waals surface area contributed by atoms with E-state index in [1.807, 2.05) is 24.3 Å². The predicted octanol–water partition coefficient (Wildman–Crippen LogP) is 5.58. The fourth-order valence-electron chi connectivity index (χ4n) is 3.05. The number of unbranched alkanes of at least 4 members (excludes halogenated alkanes) is 1. The van der Waals surface area contributed by atoms with Gasteiger partial charge in [0.15, 0.2) is 0 Å². The number of hydrogen-bond donors (Lipinski definition) is 1. The molecule has 0 aliphatic rings. The maximum Gasteiger partial charge on any atom is 0.119 e. The molecule has 0 bridgehead atoms. The fourth-order valence-corrected chi connectivity index (χ4v) is 3.16. The Bertz CT molecular complexity index is 713. The Morgan fingerprint density at radius 2 is 1.40 bits per heavy atom. The molecule has 0 saturated carbocycles. The first-order chi connectivity index (χ1) is 14.5. The monoisotopic (exact) mass is 434 g/mol. The largest absolute Gasteiger partial charge is 0.494 e. The maximum atomic E-state index is 9.97. The van der Waals surface area contributed by atoms with Crippen molar-refractivity contribution in [1.29, 1.82) is 0 Å². The van der Waals surface area contributed by atoms with Crippen molar-refractivity contribution in [1.82, 2.24) is 0 Å². The van der Waals surface area contributed by atoms with Crippen LogP contribution >= 0.6 is 11.6 Å². The molecule has 0 aromatic heterocycles. The number of benzene rings is 2. The van der Waals surface area contributed by atoms with Crippen molar-refractivity contribution < 1.29 is 19.3 Å². The number of ether oxygens (including phenoxy) is 3. The van der Waals surface area contributed by atoms with Crippen LogP contribution in [-0.4, -0.2) is 43.5 Å². The van der Waals surface area contributed by atoms with E-state index in [0.29, 0.717) is 25.7 Å². The molecule has 0 fully saturated rings. The van der Waals surface area contributed by atoms with Crippen LogP contribution in [-0.2, 0) is 10.2 Å². The van der Waals surface area contributed by atoms with E-state index in [1.54, 1.807) is 0 Å². The first-order valence-corrected chi connectivity index (χ1v) is 11.3. The van der Waals surface area contributed by atoms with Gasteiger partial charge in [-0.15, -0.1) is 11.6 Å². The molecule has 2 aromatic carbocycles. The van der Waals surface area contributed by atoms with Gasteiger partial charge in [0.1, 0.15) is 24.2 Å². The minimum absolute atomic E-state index is 0.153. The molecule has 0 aliphatic heterocycles. The highest BCUT2D eigenvalue weighted by atomic mass is 35.5. The van der Waals surface area contributed by atoms with Crippen molar-refractivity contribution in [3.05, 3.63) is 59.7 Å². The zero-order valence-electron chi connectivity index (χ0n) is 18.4. The molecule has 2 rings (SSSR count). The second-order valence-corrected chi connectivity index (χ2v) is 8.34. The third-order valence-electron chi connectivity index (χ3n) is 5.09. The maximum absolute atomic E-state index is 9.97. The SMILES string of the molecule is CCCCOCC(O)COc1ccc(C(C)(C)c2ccc(OCCCCl)cc2)cc1. The third kappa shape index (κ3) is 7.82. The van der Waals surface area contributed by atoms with E-state index in [2.05, 4.69) is 45.0 Å². The van der Waals surface area contributed by atoms with Gasteiger partial charge in [-0.1, -0.05) is 51.5 Å². The molecular formula is C25H35ClO4. The molecule has 0 saturated heterocycles. The molecule has 30 heavy (non-hydrogen) atoms. The third-order valence-corrected chi connectivity index (χ3v) is 5.36. The fraction of sp³-hybridized carbons (Fsp3) is 0.520. The summed E-state index contributed by atoms with van der Waals surface area (Å²) < 4.78 is 16.8.